The smallest absolute Gasteiger partial charge is 0.387 e. The van der Waals surface area contributed by atoms with E-state index in [1.807, 2.05) is 19.9 Å². The summed E-state index contributed by atoms with van der Waals surface area (Å²) in [5.41, 5.74) is -0.177. The lowest BCUT2D eigenvalue weighted by Crippen LogP contribution is -2.55. The number of carbonyl (C=O) groups excluding carboxylic acids is 1. The third-order valence-electron chi connectivity index (χ3n) is 7.49. The van der Waals surface area contributed by atoms with E-state index in [9.17, 15) is 23.5 Å². The number of carboxylic acid groups (broad SMARTS) is 1. The van der Waals surface area contributed by atoms with E-state index in [-0.39, 0.29) is 28.3 Å². The Balaban J connectivity index is 1.59. The summed E-state index contributed by atoms with van der Waals surface area (Å²) in [5, 5.41) is 17.3. The molecule has 4 rings (SSSR count). The number of hydrogen-bond acceptors (Lipinski definition) is 6. The summed E-state index contributed by atoms with van der Waals surface area (Å²) < 4.78 is 37.8. The summed E-state index contributed by atoms with van der Waals surface area (Å²) in [6, 6.07) is 6.00. The monoisotopic (exact) mass is 554 g/mol. The van der Waals surface area contributed by atoms with Crippen LogP contribution in [0.2, 0.25) is 5.02 Å². The number of carboxylic acids is 1. The van der Waals surface area contributed by atoms with Crippen LogP contribution in [0.25, 0.3) is 0 Å². The van der Waals surface area contributed by atoms with Crippen LogP contribution < -0.4 is 10.1 Å². The van der Waals surface area contributed by atoms with Crippen LogP contribution >= 0.6 is 11.6 Å². The minimum atomic E-state index is -3.09. The molecular weight excluding hydrogens is 522 g/mol. The van der Waals surface area contributed by atoms with Crippen molar-refractivity contribution < 1.29 is 33.0 Å². The molecule has 38 heavy (non-hydrogen) atoms. The molecule has 0 unspecified atom stereocenters. The van der Waals surface area contributed by atoms with E-state index >= 15 is 0 Å². The summed E-state index contributed by atoms with van der Waals surface area (Å²) in [5.74, 6) is -2.02. The highest BCUT2D eigenvalue weighted by Gasteiger charge is 2.46. The van der Waals surface area contributed by atoms with Gasteiger partial charge in [-0.05, 0) is 49.3 Å². The van der Waals surface area contributed by atoms with Gasteiger partial charge in [-0.3, -0.25) is 14.3 Å². The molecule has 2 aromatic rings. The van der Waals surface area contributed by atoms with Crippen LogP contribution in [-0.2, 0) is 19.9 Å². The van der Waals surface area contributed by atoms with Gasteiger partial charge in [0.05, 0.1) is 18.2 Å². The number of rotatable bonds is 10. The number of carbonyl (C=O) groups is 2. The first-order chi connectivity index (χ1) is 18.1. The van der Waals surface area contributed by atoms with Crippen molar-refractivity contribution in [3.63, 3.8) is 0 Å². The lowest BCUT2D eigenvalue weighted by atomic mass is 9.84. The van der Waals surface area contributed by atoms with Crippen LogP contribution in [0.3, 0.4) is 0 Å². The zero-order chi connectivity index (χ0) is 27.4. The van der Waals surface area contributed by atoms with Crippen molar-refractivity contribution in [3.8, 4) is 5.75 Å². The molecule has 3 heterocycles. The maximum atomic E-state index is 14.0. The summed E-state index contributed by atoms with van der Waals surface area (Å²) in [4.78, 5) is 28.0. The minimum Gasteiger partial charge on any atom is -0.481 e. The summed E-state index contributed by atoms with van der Waals surface area (Å²) in [7, 11) is 0. The molecule has 2 aliphatic heterocycles. The number of amides is 1. The van der Waals surface area contributed by atoms with Gasteiger partial charge >= 0.3 is 12.6 Å². The molecule has 0 bridgehead atoms. The Morgan fingerprint density at radius 3 is 2.63 bits per heavy atom. The van der Waals surface area contributed by atoms with Crippen LogP contribution in [0, 0.1) is 11.8 Å². The number of aromatic nitrogens is 2. The predicted molar refractivity (Wildman–Crippen MR) is 137 cm³/mol. The Kier molecular flexibility index (Phi) is 8.89. The van der Waals surface area contributed by atoms with Crippen molar-refractivity contribution in [2.24, 2.45) is 11.8 Å². The summed E-state index contributed by atoms with van der Waals surface area (Å²) >= 11 is 5.97. The Morgan fingerprint density at radius 1 is 1.29 bits per heavy atom. The lowest BCUT2D eigenvalue weighted by Gasteiger charge is -2.42. The number of benzene rings is 1. The fourth-order valence-corrected chi connectivity index (χ4v) is 5.52. The van der Waals surface area contributed by atoms with Crippen LogP contribution in [0.5, 0.6) is 5.75 Å². The molecule has 9 nitrogen and oxygen atoms in total. The molecule has 0 aliphatic carbocycles. The molecule has 2 saturated heterocycles. The molecule has 12 heteroatoms. The maximum Gasteiger partial charge on any atom is 0.387 e. The number of nitrogens with one attached hydrogen (secondary N) is 1. The maximum absolute atomic E-state index is 14.0. The minimum absolute atomic E-state index is 0.0423. The molecule has 0 saturated carbocycles. The molecule has 1 aromatic carbocycles. The van der Waals surface area contributed by atoms with Crippen molar-refractivity contribution in [1.29, 1.82) is 0 Å². The highest BCUT2D eigenvalue weighted by atomic mass is 35.5. The number of aliphatic carboxylic acids is 1. The van der Waals surface area contributed by atoms with Crippen molar-refractivity contribution in [2.45, 2.75) is 51.2 Å². The van der Waals surface area contributed by atoms with Crippen LogP contribution in [0.1, 0.15) is 44.7 Å². The van der Waals surface area contributed by atoms with E-state index in [1.54, 1.807) is 10.9 Å². The van der Waals surface area contributed by atoms with Gasteiger partial charge in [-0.2, -0.15) is 13.9 Å². The molecule has 0 spiro atoms. The summed E-state index contributed by atoms with van der Waals surface area (Å²) in [6.45, 7) is 3.20. The Hall–Kier alpha value is -2.76. The average molecular weight is 555 g/mol. The van der Waals surface area contributed by atoms with Crippen LogP contribution in [0.15, 0.2) is 30.5 Å². The fraction of sp³-hybridized carbons (Fsp3) is 0.577. The Labute approximate surface area is 225 Å². The molecule has 1 amide bonds. The number of alkyl halides is 2. The highest BCUT2D eigenvalue weighted by molar-refractivity contribution is 6.30. The third kappa shape index (κ3) is 6.10. The van der Waals surface area contributed by atoms with Gasteiger partial charge in [0.15, 0.2) is 5.75 Å². The third-order valence-corrected chi connectivity index (χ3v) is 7.72. The van der Waals surface area contributed by atoms with E-state index in [4.69, 9.17) is 16.3 Å². The number of ether oxygens (including phenoxy) is 2. The van der Waals surface area contributed by atoms with E-state index in [0.29, 0.717) is 52.1 Å². The second kappa shape index (κ2) is 12.0. The van der Waals surface area contributed by atoms with Gasteiger partial charge in [0.2, 0.25) is 0 Å². The normalized spacial score (nSPS) is 20.6. The molecular formula is C26H33ClF2N4O5. The second-order valence-corrected chi connectivity index (χ2v) is 10.6. The molecule has 1 aromatic heterocycles. The zero-order valence-corrected chi connectivity index (χ0v) is 22.2. The van der Waals surface area contributed by atoms with Crippen molar-refractivity contribution in [3.05, 3.63) is 41.2 Å². The first-order valence-electron chi connectivity index (χ1n) is 12.7. The number of anilines is 1. The molecule has 2 N–H and O–H groups in total. The molecule has 2 aliphatic rings. The van der Waals surface area contributed by atoms with Crippen molar-refractivity contribution >= 4 is 29.2 Å². The topological polar surface area (TPSA) is 106 Å². The summed E-state index contributed by atoms with van der Waals surface area (Å²) in [6.07, 6.45) is 3.07. The largest absolute Gasteiger partial charge is 0.481 e. The SMILES string of the molecule is CC(C)c1ccnn1C1(C(=O)Nc2ccc(Cl)cc2OC(F)F)CCN(C[C@H](C(=O)O)[C@@H]2CCOC2)CC1. The van der Waals surface area contributed by atoms with E-state index < -0.39 is 29.9 Å². The standard InChI is InChI=1S/C26H33ClF2N4O5/c1-16(2)21-5-9-30-33(21)26(24(36)31-20-4-3-18(27)13-22(20)38-25(28)29)7-10-32(11-8-26)14-19(23(34)35)17-6-12-37-15-17/h3-5,9,13,16-17,19,25H,6-8,10-12,14-15H2,1-2H3,(H,31,36)(H,34,35)/t17-,19+/m1/s1. The predicted octanol–water partition coefficient (Wildman–Crippen LogP) is 4.43. The first-order valence-corrected chi connectivity index (χ1v) is 13.1. The quantitative estimate of drug-likeness (QED) is 0.447. The zero-order valence-electron chi connectivity index (χ0n) is 21.4. The van der Waals surface area contributed by atoms with Gasteiger partial charge < -0.3 is 24.8 Å². The van der Waals surface area contributed by atoms with Crippen molar-refractivity contribution in [2.75, 3.05) is 38.2 Å². The average Bonchev–Trinajstić information content (AvgIpc) is 3.57. The van der Waals surface area contributed by atoms with E-state index in [1.165, 1.54) is 18.2 Å². The number of piperidine rings is 1. The second-order valence-electron chi connectivity index (χ2n) is 10.2. The fourth-order valence-electron chi connectivity index (χ4n) is 5.36. The van der Waals surface area contributed by atoms with Crippen molar-refractivity contribution in [1.82, 2.24) is 14.7 Å². The number of halogens is 3. The van der Waals surface area contributed by atoms with E-state index in [2.05, 4.69) is 20.1 Å². The molecule has 208 valence electrons. The van der Waals surface area contributed by atoms with Crippen LogP contribution in [-0.4, -0.2) is 71.1 Å². The molecule has 2 atom stereocenters. The number of likely N-dealkylation sites (tertiary alicyclic amines) is 1. The van der Waals surface area contributed by atoms with Crippen LogP contribution in [0.4, 0.5) is 14.5 Å². The van der Waals surface area contributed by atoms with Gasteiger partial charge in [0.25, 0.3) is 5.91 Å². The molecule has 0 radical (unpaired) electrons. The van der Waals surface area contributed by atoms with Gasteiger partial charge in [-0.25, -0.2) is 0 Å². The van der Waals surface area contributed by atoms with Gasteiger partial charge in [-0.15, -0.1) is 0 Å². The Morgan fingerprint density at radius 2 is 2.03 bits per heavy atom. The van der Waals surface area contributed by atoms with E-state index in [0.717, 1.165) is 5.69 Å². The number of nitrogens with zero attached hydrogens (tertiary/aromatic N) is 3. The highest BCUT2D eigenvalue weighted by Crippen LogP contribution is 2.37. The van der Waals surface area contributed by atoms with Gasteiger partial charge in [0, 0.05) is 49.2 Å². The first kappa shape index (κ1) is 28.3. The van der Waals surface area contributed by atoms with Gasteiger partial charge in [0.1, 0.15) is 5.54 Å². The molecule has 2 fully saturated rings. The number of hydrogen-bond donors (Lipinski definition) is 2. The van der Waals surface area contributed by atoms with Gasteiger partial charge in [-0.1, -0.05) is 25.4 Å². The lowest BCUT2D eigenvalue weighted by molar-refractivity contribution is -0.145. The Bertz CT molecular complexity index is 1130.